The first-order valence-electron chi connectivity index (χ1n) is 10.7. The molecule has 1 aliphatic heterocycles. The molecule has 0 bridgehead atoms. The fourth-order valence-electron chi connectivity index (χ4n) is 4.55. The molecular formula is C24H28ClN3O2. The number of nitrogens with one attached hydrogen (secondary N) is 2. The molecule has 2 aromatic rings. The lowest BCUT2D eigenvalue weighted by atomic mass is 9.96. The number of hydrogen-bond acceptors (Lipinski definition) is 3. The van der Waals surface area contributed by atoms with E-state index in [1.54, 1.807) is 4.90 Å². The summed E-state index contributed by atoms with van der Waals surface area (Å²) >= 11 is 6.13. The lowest BCUT2D eigenvalue weighted by Gasteiger charge is -2.26. The molecule has 0 spiro atoms. The maximum Gasteiger partial charge on any atom is 0.254 e. The first kappa shape index (κ1) is 20.9. The molecule has 3 atom stereocenters. The predicted octanol–water partition coefficient (Wildman–Crippen LogP) is 3.90. The summed E-state index contributed by atoms with van der Waals surface area (Å²) in [6.07, 6.45) is 3.36. The Labute approximate surface area is 182 Å². The van der Waals surface area contributed by atoms with Crippen molar-refractivity contribution in [2.45, 2.75) is 44.2 Å². The van der Waals surface area contributed by atoms with Crippen molar-refractivity contribution < 1.29 is 9.59 Å². The van der Waals surface area contributed by atoms with E-state index in [-0.39, 0.29) is 24.4 Å². The van der Waals surface area contributed by atoms with Gasteiger partial charge in [-0.3, -0.25) is 9.59 Å². The second kappa shape index (κ2) is 9.19. The van der Waals surface area contributed by atoms with Gasteiger partial charge in [0.05, 0.1) is 6.54 Å². The van der Waals surface area contributed by atoms with Gasteiger partial charge in [-0.15, -0.1) is 0 Å². The quantitative estimate of drug-likeness (QED) is 0.763. The van der Waals surface area contributed by atoms with Crippen molar-refractivity contribution in [3.63, 3.8) is 0 Å². The van der Waals surface area contributed by atoms with Crippen LogP contribution in [0.25, 0.3) is 0 Å². The van der Waals surface area contributed by atoms with Crippen LogP contribution in [-0.2, 0) is 4.79 Å². The van der Waals surface area contributed by atoms with Crippen molar-refractivity contribution in [3.8, 4) is 0 Å². The van der Waals surface area contributed by atoms with Crippen molar-refractivity contribution >= 4 is 23.4 Å². The minimum absolute atomic E-state index is 0.0716. The zero-order valence-electron chi connectivity index (χ0n) is 17.2. The van der Waals surface area contributed by atoms with E-state index in [0.29, 0.717) is 30.6 Å². The number of rotatable bonds is 5. The number of halogens is 1. The van der Waals surface area contributed by atoms with Gasteiger partial charge in [-0.05, 0) is 67.5 Å². The number of benzene rings is 2. The van der Waals surface area contributed by atoms with Gasteiger partial charge in [0.25, 0.3) is 5.91 Å². The monoisotopic (exact) mass is 425 g/mol. The number of nitrogens with zero attached hydrogens (tertiary/aromatic N) is 1. The number of carbonyl (C=O) groups excluding carboxylic acids is 2. The maximum atomic E-state index is 12.6. The van der Waals surface area contributed by atoms with Crippen LogP contribution in [0.15, 0.2) is 48.5 Å². The van der Waals surface area contributed by atoms with Gasteiger partial charge in [0.1, 0.15) is 0 Å². The topological polar surface area (TPSA) is 61.4 Å². The highest BCUT2D eigenvalue weighted by molar-refractivity contribution is 6.30. The lowest BCUT2D eigenvalue weighted by Crippen LogP contribution is -2.49. The largest absolute Gasteiger partial charge is 0.353 e. The molecule has 2 aromatic carbocycles. The molecule has 2 amide bonds. The summed E-state index contributed by atoms with van der Waals surface area (Å²) in [6, 6.07) is 16.7. The van der Waals surface area contributed by atoms with Crippen LogP contribution in [0.2, 0.25) is 5.02 Å². The average molecular weight is 426 g/mol. The molecule has 6 heteroatoms. The molecule has 2 N–H and O–H groups in total. The fourth-order valence-corrected chi connectivity index (χ4v) is 4.75. The van der Waals surface area contributed by atoms with Crippen molar-refractivity contribution in [2.24, 2.45) is 0 Å². The molecule has 1 aliphatic carbocycles. The molecule has 1 saturated heterocycles. The third-order valence-electron chi connectivity index (χ3n) is 6.22. The Morgan fingerprint density at radius 1 is 1.20 bits per heavy atom. The molecule has 5 nitrogen and oxygen atoms in total. The second-order valence-corrected chi connectivity index (χ2v) is 8.79. The SMILES string of the molecule is C[C@@H](N[C@H]1CCC(c2ccc(C(=O)N3CCNC(=O)C3)cc2)C1)c1cccc(Cl)c1. The molecule has 1 unspecified atom stereocenters. The average Bonchev–Trinajstić information content (AvgIpc) is 3.22. The zero-order chi connectivity index (χ0) is 21.1. The van der Waals surface area contributed by atoms with Crippen LogP contribution in [0, 0.1) is 0 Å². The zero-order valence-corrected chi connectivity index (χ0v) is 18.0. The smallest absolute Gasteiger partial charge is 0.254 e. The van der Waals surface area contributed by atoms with E-state index in [4.69, 9.17) is 11.6 Å². The summed E-state index contributed by atoms with van der Waals surface area (Å²) in [5, 5.41) is 7.26. The first-order valence-corrected chi connectivity index (χ1v) is 11.0. The minimum atomic E-state index is -0.0947. The Morgan fingerprint density at radius 2 is 2.00 bits per heavy atom. The summed E-state index contributed by atoms with van der Waals surface area (Å²) in [7, 11) is 0. The van der Waals surface area contributed by atoms with Gasteiger partial charge in [-0.1, -0.05) is 35.9 Å². The van der Waals surface area contributed by atoms with E-state index in [1.807, 2.05) is 30.3 Å². The van der Waals surface area contributed by atoms with Crippen molar-refractivity contribution in [2.75, 3.05) is 19.6 Å². The van der Waals surface area contributed by atoms with Crippen molar-refractivity contribution in [3.05, 3.63) is 70.2 Å². The van der Waals surface area contributed by atoms with Gasteiger partial charge in [0, 0.05) is 35.8 Å². The highest BCUT2D eigenvalue weighted by Crippen LogP contribution is 2.35. The van der Waals surface area contributed by atoms with Gasteiger partial charge < -0.3 is 15.5 Å². The van der Waals surface area contributed by atoms with E-state index < -0.39 is 0 Å². The van der Waals surface area contributed by atoms with Crippen LogP contribution in [0.4, 0.5) is 0 Å². The van der Waals surface area contributed by atoms with Crippen LogP contribution in [-0.4, -0.2) is 42.4 Å². The number of piperazine rings is 1. The lowest BCUT2D eigenvalue weighted by molar-refractivity contribution is -0.123. The third kappa shape index (κ3) is 4.85. The third-order valence-corrected chi connectivity index (χ3v) is 6.46. The summed E-state index contributed by atoms with van der Waals surface area (Å²) in [5.74, 6) is 0.333. The molecule has 1 saturated carbocycles. The van der Waals surface area contributed by atoms with Gasteiger partial charge in [-0.2, -0.15) is 0 Å². The van der Waals surface area contributed by atoms with Crippen LogP contribution in [0.3, 0.4) is 0 Å². The van der Waals surface area contributed by atoms with E-state index in [2.05, 4.69) is 35.8 Å². The van der Waals surface area contributed by atoms with Gasteiger partial charge in [-0.25, -0.2) is 0 Å². The van der Waals surface area contributed by atoms with Gasteiger partial charge in [0.2, 0.25) is 5.91 Å². The second-order valence-electron chi connectivity index (χ2n) is 8.35. The van der Waals surface area contributed by atoms with Crippen molar-refractivity contribution in [1.29, 1.82) is 0 Å². The van der Waals surface area contributed by atoms with Crippen LogP contribution in [0.5, 0.6) is 0 Å². The summed E-state index contributed by atoms with van der Waals surface area (Å²) in [4.78, 5) is 25.8. The molecule has 0 radical (unpaired) electrons. The minimum Gasteiger partial charge on any atom is -0.353 e. The highest BCUT2D eigenvalue weighted by Gasteiger charge is 2.28. The van der Waals surface area contributed by atoms with Gasteiger partial charge in [0.15, 0.2) is 0 Å². The Hall–Kier alpha value is -2.37. The number of carbonyl (C=O) groups is 2. The number of amides is 2. The van der Waals surface area contributed by atoms with Crippen LogP contribution in [0.1, 0.15) is 59.6 Å². The van der Waals surface area contributed by atoms with E-state index in [9.17, 15) is 9.59 Å². The normalized spacial score (nSPS) is 22.6. The van der Waals surface area contributed by atoms with E-state index in [0.717, 1.165) is 24.3 Å². The maximum absolute atomic E-state index is 12.6. The molecule has 1 heterocycles. The standard InChI is InChI=1S/C24H28ClN3O2/c1-16(19-3-2-4-21(25)13-19)27-22-10-9-20(14-22)17-5-7-18(8-6-17)24(30)28-12-11-26-23(29)15-28/h2-8,13,16,20,22,27H,9-12,14-15H2,1H3,(H,26,29)/t16-,20?,22+/m1/s1. The molecule has 2 aliphatic rings. The summed E-state index contributed by atoms with van der Waals surface area (Å²) < 4.78 is 0. The molecule has 30 heavy (non-hydrogen) atoms. The molecule has 2 fully saturated rings. The Kier molecular flexibility index (Phi) is 6.40. The van der Waals surface area contributed by atoms with E-state index in [1.165, 1.54) is 11.1 Å². The van der Waals surface area contributed by atoms with Crippen LogP contribution >= 0.6 is 11.6 Å². The fraction of sp³-hybridized carbons (Fsp3) is 0.417. The molecular weight excluding hydrogens is 398 g/mol. The summed E-state index contributed by atoms with van der Waals surface area (Å²) in [6.45, 7) is 3.40. The Morgan fingerprint density at radius 3 is 2.73 bits per heavy atom. The molecule has 158 valence electrons. The number of hydrogen-bond donors (Lipinski definition) is 2. The highest BCUT2D eigenvalue weighted by atomic mass is 35.5. The first-order chi connectivity index (χ1) is 14.5. The molecule has 4 rings (SSSR count). The van der Waals surface area contributed by atoms with Crippen LogP contribution < -0.4 is 10.6 Å². The summed E-state index contributed by atoms with van der Waals surface area (Å²) in [5.41, 5.74) is 3.14. The van der Waals surface area contributed by atoms with Crippen molar-refractivity contribution in [1.82, 2.24) is 15.5 Å². The Balaban J connectivity index is 1.34. The predicted molar refractivity (Wildman–Crippen MR) is 119 cm³/mol. The van der Waals surface area contributed by atoms with Gasteiger partial charge >= 0.3 is 0 Å². The Bertz CT molecular complexity index is 915. The van der Waals surface area contributed by atoms with E-state index >= 15 is 0 Å². The molecule has 0 aromatic heterocycles.